The Kier molecular flexibility index (Phi) is 6.89. The number of esters is 1. The van der Waals surface area contributed by atoms with Crippen molar-refractivity contribution >= 4 is 39.0 Å². The van der Waals surface area contributed by atoms with Gasteiger partial charge in [-0.15, -0.1) is 0 Å². The average molecular weight is 404 g/mol. The number of hydrogen-bond acceptors (Lipinski definition) is 6. The van der Waals surface area contributed by atoms with Crippen LogP contribution >= 0.6 is 0 Å². The van der Waals surface area contributed by atoms with E-state index < -0.39 is 28.3 Å². The van der Waals surface area contributed by atoms with Crippen molar-refractivity contribution in [3.63, 3.8) is 0 Å². The second kappa shape index (κ2) is 9.14. The third-order valence-corrected chi connectivity index (χ3v) is 5.43. The van der Waals surface area contributed by atoms with E-state index in [2.05, 4.69) is 10.6 Å². The molecule has 0 saturated carbocycles. The first-order chi connectivity index (χ1) is 13.2. The van der Waals surface area contributed by atoms with Gasteiger partial charge in [0.15, 0.2) is 16.4 Å². The Balaban J connectivity index is 1.98. The van der Waals surface area contributed by atoms with Gasteiger partial charge in [0.2, 0.25) is 5.91 Å². The van der Waals surface area contributed by atoms with Crippen molar-refractivity contribution < 1.29 is 27.5 Å². The fourth-order valence-electron chi connectivity index (χ4n) is 2.31. The van der Waals surface area contributed by atoms with Gasteiger partial charge >= 0.3 is 5.97 Å². The highest BCUT2D eigenvalue weighted by atomic mass is 32.2. The molecule has 2 aromatic rings. The van der Waals surface area contributed by atoms with Crippen LogP contribution in [0.15, 0.2) is 53.4 Å². The lowest BCUT2D eigenvalue weighted by atomic mass is 10.2. The van der Waals surface area contributed by atoms with E-state index in [1.807, 2.05) is 0 Å². The van der Waals surface area contributed by atoms with Gasteiger partial charge in [-0.3, -0.25) is 9.59 Å². The number of carbonyl (C=O) groups is 3. The molecule has 2 aromatic carbocycles. The maximum absolute atomic E-state index is 12.2. The summed E-state index contributed by atoms with van der Waals surface area (Å²) in [6, 6.07) is 12.1. The van der Waals surface area contributed by atoms with E-state index in [0.717, 1.165) is 0 Å². The summed E-state index contributed by atoms with van der Waals surface area (Å²) >= 11 is 0. The Morgan fingerprint density at radius 2 is 1.50 bits per heavy atom. The van der Waals surface area contributed by atoms with Crippen molar-refractivity contribution in [2.75, 3.05) is 23.0 Å². The van der Waals surface area contributed by atoms with Crippen molar-refractivity contribution in [1.82, 2.24) is 0 Å². The Morgan fingerprint density at radius 3 is 2.07 bits per heavy atom. The van der Waals surface area contributed by atoms with E-state index in [9.17, 15) is 22.8 Å². The molecule has 8 nitrogen and oxygen atoms in total. The molecule has 0 heterocycles. The number of anilines is 2. The van der Waals surface area contributed by atoms with Crippen molar-refractivity contribution in [1.29, 1.82) is 0 Å². The van der Waals surface area contributed by atoms with E-state index >= 15 is 0 Å². The van der Waals surface area contributed by atoms with Gasteiger partial charge in [-0.2, -0.15) is 0 Å². The lowest BCUT2D eigenvalue weighted by Crippen LogP contribution is -2.22. The monoisotopic (exact) mass is 404 g/mol. The van der Waals surface area contributed by atoms with Crippen LogP contribution in [0.5, 0.6) is 0 Å². The Labute approximate surface area is 162 Å². The summed E-state index contributed by atoms with van der Waals surface area (Å²) < 4.78 is 29.1. The van der Waals surface area contributed by atoms with Crippen LogP contribution in [0.4, 0.5) is 11.4 Å². The molecule has 2 N–H and O–H groups in total. The molecule has 0 aliphatic heterocycles. The smallest absolute Gasteiger partial charge is 0.339 e. The summed E-state index contributed by atoms with van der Waals surface area (Å²) in [5, 5.41) is 5.13. The van der Waals surface area contributed by atoms with Crippen LogP contribution in [-0.4, -0.2) is 38.6 Å². The Bertz CT molecular complexity index is 984. The predicted octanol–water partition coefficient (Wildman–Crippen LogP) is 2.23. The topological polar surface area (TPSA) is 119 Å². The van der Waals surface area contributed by atoms with Gasteiger partial charge < -0.3 is 15.4 Å². The number of rotatable bonds is 7. The molecule has 2 rings (SSSR count). The third kappa shape index (κ3) is 5.65. The maximum atomic E-state index is 12.2. The minimum Gasteiger partial charge on any atom is -0.452 e. The van der Waals surface area contributed by atoms with Crippen molar-refractivity contribution in [3.05, 3.63) is 54.1 Å². The molecule has 0 aliphatic carbocycles. The molecule has 0 aromatic heterocycles. The second-order valence-electron chi connectivity index (χ2n) is 5.78. The van der Waals surface area contributed by atoms with Crippen LogP contribution in [0.25, 0.3) is 0 Å². The van der Waals surface area contributed by atoms with Crippen molar-refractivity contribution in [2.24, 2.45) is 0 Å². The molecule has 9 heteroatoms. The zero-order chi connectivity index (χ0) is 20.7. The van der Waals surface area contributed by atoms with Crippen LogP contribution < -0.4 is 10.6 Å². The number of nitrogens with one attached hydrogen (secondary N) is 2. The summed E-state index contributed by atoms with van der Waals surface area (Å²) in [7, 11) is -3.61. The van der Waals surface area contributed by atoms with Gasteiger partial charge in [-0.05, 0) is 36.4 Å². The van der Waals surface area contributed by atoms with Crippen LogP contribution in [-0.2, 0) is 24.2 Å². The molecule has 0 fully saturated rings. The first kappa shape index (κ1) is 21.1. The lowest BCUT2D eigenvalue weighted by Gasteiger charge is -2.10. The van der Waals surface area contributed by atoms with E-state index in [1.54, 1.807) is 24.3 Å². The highest BCUT2D eigenvalue weighted by Crippen LogP contribution is 2.18. The van der Waals surface area contributed by atoms with Crippen LogP contribution in [0.2, 0.25) is 0 Å². The standard InChI is InChI=1S/C19H20N2O6S/c1-3-28(25,26)17-7-5-4-6-16(17)19(24)27-12-18(23)21-15-10-8-14(9-11-15)20-13(2)22/h4-11H,3,12H2,1-2H3,(H,20,22)(H,21,23). The largest absolute Gasteiger partial charge is 0.452 e. The molecule has 0 radical (unpaired) electrons. The molecule has 0 spiro atoms. The van der Waals surface area contributed by atoms with E-state index in [-0.39, 0.29) is 22.1 Å². The predicted molar refractivity (Wildman–Crippen MR) is 104 cm³/mol. The number of benzene rings is 2. The molecular weight excluding hydrogens is 384 g/mol. The molecule has 0 aliphatic rings. The van der Waals surface area contributed by atoms with Crippen LogP contribution in [0.1, 0.15) is 24.2 Å². The molecule has 28 heavy (non-hydrogen) atoms. The Hall–Kier alpha value is -3.20. The molecule has 0 unspecified atom stereocenters. The quantitative estimate of drug-likeness (QED) is 0.683. The van der Waals surface area contributed by atoms with E-state index in [4.69, 9.17) is 4.74 Å². The maximum Gasteiger partial charge on any atom is 0.339 e. The van der Waals surface area contributed by atoms with Gasteiger partial charge in [0.05, 0.1) is 16.2 Å². The highest BCUT2D eigenvalue weighted by molar-refractivity contribution is 7.91. The molecule has 148 valence electrons. The van der Waals surface area contributed by atoms with Gasteiger partial charge in [0, 0.05) is 18.3 Å². The SMILES string of the molecule is CCS(=O)(=O)c1ccccc1C(=O)OCC(=O)Nc1ccc(NC(C)=O)cc1. The molecule has 0 saturated heterocycles. The second-order valence-corrected chi connectivity index (χ2v) is 8.03. The third-order valence-electron chi connectivity index (χ3n) is 3.65. The zero-order valence-electron chi connectivity index (χ0n) is 15.4. The number of amides is 2. The number of carbonyl (C=O) groups excluding carboxylic acids is 3. The zero-order valence-corrected chi connectivity index (χ0v) is 16.2. The van der Waals surface area contributed by atoms with E-state index in [0.29, 0.717) is 11.4 Å². The van der Waals surface area contributed by atoms with Crippen molar-refractivity contribution in [3.8, 4) is 0 Å². The summed E-state index contributed by atoms with van der Waals surface area (Å²) in [6.45, 7) is 2.28. The first-order valence-corrected chi connectivity index (χ1v) is 10.0. The van der Waals surface area contributed by atoms with E-state index in [1.165, 1.54) is 38.1 Å². The average Bonchev–Trinajstić information content (AvgIpc) is 2.67. The fourth-order valence-corrected chi connectivity index (χ4v) is 3.39. The summed E-state index contributed by atoms with van der Waals surface area (Å²) in [5.74, 6) is -1.86. The number of ether oxygens (including phenoxy) is 1. The summed E-state index contributed by atoms with van der Waals surface area (Å²) in [4.78, 5) is 35.0. The van der Waals surface area contributed by atoms with Crippen LogP contribution in [0.3, 0.4) is 0 Å². The fraction of sp³-hybridized carbons (Fsp3) is 0.211. The summed E-state index contributed by atoms with van der Waals surface area (Å²) in [6.07, 6.45) is 0. The number of hydrogen-bond donors (Lipinski definition) is 2. The number of sulfone groups is 1. The lowest BCUT2D eigenvalue weighted by molar-refractivity contribution is -0.119. The Morgan fingerprint density at radius 1 is 0.929 bits per heavy atom. The van der Waals surface area contributed by atoms with Crippen molar-refractivity contribution in [2.45, 2.75) is 18.7 Å². The summed E-state index contributed by atoms with van der Waals surface area (Å²) in [5.41, 5.74) is 0.909. The molecule has 2 amide bonds. The van der Waals surface area contributed by atoms with Gasteiger partial charge in [-0.25, -0.2) is 13.2 Å². The van der Waals surface area contributed by atoms with Gasteiger partial charge in [-0.1, -0.05) is 19.1 Å². The van der Waals surface area contributed by atoms with Crippen LogP contribution in [0, 0.1) is 0 Å². The molecule has 0 bridgehead atoms. The first-order valence-electron chi connectivity index (χ1n) is 8.39. The normalized spacial score (nSPS) is 10.8. The minimum atomic E-state index is -3.61. The minimum absolute atomic E-state index is 0.114. The van der Waals surface area contributed by atoms with Gasteiger partial charge in [0.1, 0.15) is 0 Å². The molecule has 0 atom stereocenters. The van der Waals surface area contributed by atoms with Gasteiger partial charge in [0.25, 0.3) is 5.91 Å². The highest BCUT2D eigenvalue weighted by Gasteiger charge is 2.22. The molecular formula is C19H20N2O6S.